The first-order valence-corrected chi connectivity index (χ1v) is 7.76. The summed E-state index contributed by atoms with van der Waals surface area (Å²) < 4.78 is 5.56. The van der Waals surface area contributed by atoms with Crippen LogP contribution in [-0.4, -0.2) is 5.97 Å². The van der Waals surface area contributed by atoms with Gasteiger partial charge in [0.1, 0.15) is 6.61 Å². The Morgan fingerprint density at radius 3 is 2.09 bits per heavy atom. The minimum absolute atomic E-state index is 0.0544. The van der Waals surface area contributed by atoms with E-state index in [1.807, 2.05) is 38.1 Å². The molecule has 2 heteroatoms. The summed E-state index contributed by atoms with van der Waals surface area (Å²) in [5, 5.41) is 4.66. The topological polar surface area (TPSA) is 26.3 Å². The van der Waals surface area contributed by atoms with Crippen molar-refractivity contribution >= 4 is 27.5 Å². The predicted molar refractivity (Wildman–Crippen MR) is 90.7 cm³/mol. The van der Waals surface area contributed by atoms with E-state index >= 15 is 0 Å². The van der Waals surface area contributed by atoms with E-state index in [0.717, 1.165) is 22.8 Å². The molecule has 3 rings (SSSR count). The lowest BCUT2D eigenvalue weighted by Crippen LogP contribution is -2.14. The van der Waals surface area contributed by atoms with E-state index in [1.54, 1.807) is 0 Å². The van der Waals surface area contributed by atoms with Crippen LogP contribution in [0.4, 0.5) is 0 Å². The van der Waals surface area contributed by atoms with Crippen LogP contribution in [0.5, 0.6) is 0 Å². The quantitative estimate of drug-likeness (QED) is 0.495. The van der Waals surface area contributed by atoms with Gasteiger partial charge in [-0.25, -0.2) is 0 Å². The molecule has 3 aromatic carbocycles. The molecule has 0 radical (unpaired) electrons. The van der Waals surface area contributed by atoms with Crippen LogP contribution < -0.4 is 0 Å². The molecule has 0 aliphatic carbocycles. The Bertz CT molecular complexity index is 766. The van der Waals surface area contributed by atoms with Gasteiger partial charge in [-0.15, -0.1) is 0 Å². The molecule has 0 saturated carbocycles. The first kappa shape index (κ1) is 14.6. The molecule has 112 valence electrons. The standard InChI is InChI=1S/C20H20O2/c1-3-14(2)20(21)22-13-19-17-10-6-4-8-15(17)12-16-9-5-7-11-18(16)19/h4-12,14H,3,13H2,1-2H3. The molecule has 0 aromatic heterocycles. The minimum Gasteiger partial charge on any atom is -0.461 e. The van der Waals surface area contributed by atoms with E-state index in [4.69, 9.17) is 4.74 Å². The van der Waals surface area contributed by atoms with Crippen LogP contribution >= 0.6 is 0 Å². The third kappa shape index (κ3) is 2.69. The monoisotopic (exact) mass is 292 g/mol. The van der Waals surface area contributed by atoms with E-state index in [0.29, 0.717) is 6.61 Å². The average molecular weight is 292 g/mol. The van der Waals surface area contributed by atoms with Gasteiger partial charge in [0.05, 0.1) is 5.92 Å². The number of fused-ring (bicyclic) bond motifs is 2. The number of hydrogen-bond acceptors (Lipinski definition) is 2. The van der Waals surface area contributed by atoms with Crippen LogP contribution in [0.2, 0.25) is 0 Å². The van der Waals surface area contributed by atoms with Gasteiger partial charge in [-0.3, -0.25) is 4.79 Å². The Labute approximate surface area is 130 Å². The van der Waals surface area contributed by atoms with Crippen molar-refractivity contribution in [3.05, 3.63) is 60.2 Å². The molecule has 0 heterocycles. The molecule has 0 spiro atoms. The lowest BCUT2D eigenvalue weighted by Gasteiger charge is -2.14. The normalized spacial score (nSPS) is 12.5. The zero-order valence-electron chi connectivity index (χ0n) is 13.0. The van der Waals surface area contributed by atoms with Crippen molar-refractivity contribution in [1.82, 2.24) is 0 Å². The highest BCUT2D eigenvalue weighted by molar-refractivity contribution is 6.02. The molecule has 0 N–H and O–H groups in total. The fourth-order valence-corrected chi connectivity index (χ4v) is 2.72. The molecular weight excluding hydrogens is 272 g/mol. The highest BCUT2D eigenvalue weighted by Gasteiger charge is 2.14. The molecule has 0 amide bonds. The zero-order valence-corrected chi connectivity index (χ0v) is 13.0. The van der Waals surface area contributed by atoms with Crippen molar-refractivity contribution < 1.29 is 9.53 Å². The number of esters is 1. The smallest absolute Gasteiger partial charge is 0.308 e. The van der Waals surface area contributed by atoms with E-state index in [-0.39, 0.29) is 11.9 Å². The maximum absolute atomic E-state index is 12.0. The molecule has 1 atom stereocenters. The molecular formula is C20H20O2. The van der Waals surface area contributed by atoms with E-state index in [2.05, 4.69) is 30.3 Å². The van der Waals surface area contributed by atoms with Crippen molar-refractivity contribution in [2.45, 2.75) is 26.9 Å². The fourth-order valence-electron chi connectivity index (χ4n) is 2.72. The molecule has 0 aliphatic rings. The second kappa shape index (κ2) is 6.18. The van der Waals surface area contributed by atoms with Gasteiger partial charge in [0, 0.05) is 5.56 Å². The Morgan fingerprint density at radius 1 is 1.00 bits per heavy atom. The predicted octanol–water partition coefficient (Wildman–Crippen LogP) is 5.08. The second-order valence-electron chi connectivity index (χ2n) is 5.71. The summed E-state index contributed by atoms with van der Waals surface area (Å²) in [5.41, 5.74) is 1.09. The number of hydrogen-bond donors (Lipinski definition) is 0. The first-order valence-electron chi connectivity index (χ1n) is 7.76. The van der Waals surface area contributed by atoms with Gasteiger partial charge in [-0.05, 0) is 34.0 Å². The van der Waals surface area contributed by atoms with Gasteiger partial charge in [0.15, 0.2) is 0 Å². The van der Waals surface area contributed by atoms with Gasteiger partial charge in [0.25, 0.3) is 0 Å². The summed E-state index contributed by atoms with van der Waals surface area (Å²) in [6.07, 6.45) is 0.801. The fraction of sp³-hybridized carbons (Fsp3) is 0.250. The van der Waals surface area contributed by atoms with Crippen LogP contribution in [0.1, 0.15) is 25.8 Å². The maximum atomic E-state index is 12.0. The van der Waals surface area contributed by atoms with Gasteiger partial charge in [-0.1, -0.05) is 62.4 Å². The number of carbonyl (C=O) groups is 1. The zero-order chi connectivity index (χ0) is 15.5. The third-order valence-electron chi connectivity index (χ3n) is 4.26. The van der Waals surface area contributed by atoms with Gasteiger partial charge in [0.2, 0.25) is 0 Å². The average Bonchev–Trinajstić information content (AvgIpc) is 2.57. The van der Waals surface area contributed by atoms with Crippen molar-refractivity contribution in [3.8, 4) is 0 Å². The first-order chi connectivity index (χ1) is 10.7. The van der Waals surface area contributed by atoms with Crippen LogP contribution in [-0.2, 0) is 16.1 Å². The number of benzene rings is 3. The molecule has 2 nitrogen and oxygen atoms in total. The highest BCUT2D eigenvalue weighted by Crippen LogP contribution is 2.29. The summed E-state index contributed by atoms with van der Waals surface area (Å²) in [6.45, 7) is 4.23. The molecule has 0 fully saturated rings. The van der Waals surface area contributed by atoms with Crippen LogP contribution in [0.15, 0.2) is 54.6 Å². The van der Waals surface area contributed by atoms with Crippen LogP contribution in [0.3, 0.4) is 0 Å². The van der Waals surface area contributed by atoms with Gasteiger partial charge in [-0.2, -0.15) is 0 Å². The molecule has 0 aliphatic heterocycles. The number of rotatable bonds is 4. The molecule has 1 unspecified atom stereocenters. The van der Waals surface area contributed by atoms with Crippen molar-refractivity contribution in [1.29, 1.82) is 0 Å². The second-order valence-corrected chi connectivity index (χ2v) is 5.71. The van der Waals surface area contributed by atoms with Crippen molar-refractivity contribution in [3.63, 3.8) is 0 Å². The number of carbonyl (C=O) groups excluding carboxylic acids is 1. The Hall–Kier alpha value is -2.35. The van der Waals surface area contributed by atoms with E-state index in [1.165, 1.54) is 10.8 Å². The largest absolute Gasteiger partial charge is 0.461 e. The van der Waals surface area contributed by atoms with Crippen molar-refractivity contribution in [2.75, 3.05) is 0 Å². The van der Waals surface area contributed by atoms with Crippen molar-refractivity contribution in [2.24, 2.45) is 5.92 Å². The summed E-state index contributed by atoms with van der Waals surface area (Å²) in [7, 11) is 0. The lowest BCUT2D eigenvalue weighted by molar-refractivity contribution is -0.149. The molecule has 22 heavy (non-hydrogen) atoms. The van der Waals surface area contributed by atoms with Crippen LogP contribution in [0, 0.1) is 5.92 Å². The number of ether oxygens (including phenoxy) is 1. The maximum Gasteiger partial charge on any atom is 0.308 e. The highest BCUT2D eigenvalue weighted by atomic mass is 16.5. The van der Waals surface area contributed by atoms with Gasteiger partial charge >= 0.3 is 5.97 Å². The van der Waals surface area contributed by atoms with E-state index in [9.17, 15) is 4.79 Å². The summed E-state index contributed by atoms with van der Waals surface area (Å²) in [4.78, 5) is 12.0. The van der Waals surface area contributed by atoms with Crippen LogP contribution in [0.25, 0.3) is 21.5 Å². The summed E-state index contributed by atoms with van der Waals surface area (Å²) in [5.74, 6) is -0.180. The van der Waals surface area contributed by atoms with E-state index < -0.39 is 0 Å². The molecule has 0 saturated heterocycles. The Balaban J connectivity index is 2.06. The Kier molecular flexibility index (Phi) is 4.10. The summed E-state index contributed by atoms with van der Waals surface area (Å²) >= 11 is 0. The SMILES string of the molecule is CCC(C)C(=O)OCc1c2ccccc2cc2ccccc12. The Morgan fingerprint density at radius 2 is 1.55 bits per heavy atom. The third-order valence-corrected chi connectivity index (χ3v) is 4.26. The minimum atomic E-state index is -0.125. The summed E-state index contributed by atoms with van der Waals surface area (Å²) in [6, 6.07) is 18.7. The van der Waals surface area contributed by atoms with Gasteiger partial charge < -0.3 is 4.74 Å². The molecule has 3 aromatic rings. The molecule has 0 bridgehead atoms. The lowest BCUT2D eigenvalue weighted by atomic mass is 9.97.